The molecule has 1 aliphatic heterocycles. The third kappa shape index (κ3) is 5.25. The number of methoxy groups -OCH3 is 1. The summed E-state index contributed by atoms with van der Waals surface area (Å²) in [5.74, 6) is -1.91. The lowest BCUT2D eigenvalue weighted by molar-refractivity contribution is -0.146. The Balaban J connectivity index is 2.01. The fourth-order valence-corrected chi connectivity index (χ4v) is 4.17. The van der Waals surface area contributed by atoms with E-state index in [1.165, 1.54) is 11.4 Å². The first-order valence-electron chi connectivity index (χ1n) is 7.95. The largest absolute Gasteiger partial charge is 0.480 e. The van der Waals surface area contributed by atoms with Crippen LogP contribution in [0.1, 0.15) is 18.4 Å². The highest BCUT2D eigenvalue weighted by atomic mass is 32.2. The normalized spacial score (nSPS) is 17.8. The summed E-state index contributed by atoms with van der Waals surface area (Å²) in [7, 11) is -2.65. The maximum atomic E-state index is 12.5. The van der Waals surface area contributed by atoms with Crippen molar-refractivity contribution in [3.05, 3.63) is 35.9 Å². The molecule has 2 N–H and O–H groups in total. The molecular formula is C16H22N2O6S. The lowest BCUT2D eigenvalue weighted by atomic mass is 9.99. The summed E-state index contributed by atoms with van der Waals surface area (Å²) in [6.45, 7) is 0.291. The standard InChI is InChI=1S/C16H22N2O6S/c1-24-16(21)13-7-9-18(10-8-13)25(22,23)17-14(15(19)20)11-12-5-3-2-4-6-12/h2-6,13-14,17H,7-11H2,1H3,(H,19,20)/t14-/m1/s1. The molecule has 0 bridgehead atoms. The molecule has 0 radical (unpaired) electrons. The minimum atomic E-state index is -3.95. The number of carboxylic acid groups (broad SMARTS) is 1. The number of hydrogen-bond donors (Lipinski definition) is 2. The van der Waals surface area contributed by atoms with Crippen molar-refractivity contribution in [1.82, 2.24) is 9.03 Å². The van der Waals surface area contributed by atoms with Gasteiger partial charge in [0.1, 0.15) is 6.04 Å². The van der Waals surface area contributed by atoms with Gasteiger partial charge in [-0.1, -0.05) is 30.3 Å². The van der Waals surface area contributed by atoms with Gasteiger partial charge in [-0.25, -0.2) is 0 Å². The number of carboxylic acids is 1. The number of rotatable bonds is 7. The smallest absolute Gasteiger partial charge is 0.322 e. The molecule has 25 heavy (non-hydrogen) atoms. The molecule has 138 valence electrons. The number of piperidine rings is 1. The molecule has 0 saturated carbocycles. The van der Waals surface area contributed by atoms with Crippen molar-refractivity contribution in [2.24, 2.45) is 5.92 Å². The Labute approximate surface area is 147 Å². The summed E-state index contributed by atoms with van der Waals surface area (Å²) < 4.78 is 33.0. The molecule has 1 heterocycles. The molecule has 0 aliphatic carbocycles. The van der Waals surface area contributed by atoms with Gasteiger partial charge in [-0.05, 0) is 24.8 Å². The van der Waals surface area contributed by atoms with Crippen molar-refractivity contribution >= 4 is 22.1 Å². The number of nitrogens with zero attached hydrogens (tertiary/aromatic N) is 1. The van der Waals surface area contributed by atoms with Gasteiger partial charge in [0, 0.05) is 13.1 Å². The topological polar surface area (TPSA) is 113 Å². The van der Waals surface area contributed by atoms with Crippen LogP contribution in [0.5, 0.6) is 0 Å². The Bertz CT molecular complexity index is 699. The van der Waals surface area contributed by atoms with E-state index in [4.69, 9.17) is 0 Å². The van der Waals surface area contributed by atoms with E-state index in [1.54, 1.807) is 30.3 Å². The summed E-state index contributed by atoms with van der Waals surface area (Å²) in [6.07, 6.45) is 0.752. The van der Waals surface area contributed by atoms with Crippen LogP contribution < -0.4 is 4.72 Å². The zero-order valence-electron chi connectivity index (χ0n) is 13.9. The molecule has 1 aliphatic rings. The molecule has 1 saturated heterocycles. The zero-order chi connectivity index (χ0) is 18.4. The summed E-state index contributed by atoms with van der Waals surface area (Å²) in [4.78, 5) is 22.9. The van der Waals surface area contributed by atoms with Crippen LogP contribution in [0.2, 0.25) is 0 Å². The molecule has 1 aromatic carbocycles. The van der Waals surface area contributed by atoms with Gasteiger partial charge in [-0.2, -0.15) is 17.4 Å². The van der Waals surface area contributed by atoms with Crippen LogP contribution in [-0.2, 0) is 31.0 Å². The Hall–Kier alpha value is -1.97. The fraction of sp³-hybridized carbons (Fsp3) is 0.500. The molecule has 1 aromatic rings. The van der Waals surface area contributed by atoms with Gasteiger partial charge in [0.25, 0.3) is 10.2 Å². The zero-order valence-corrected chi connectivity index (χ0v) is 14.7. The molecule has 2 rings (SSSR count). The number of esters is 1. The highest BCUT2D eigenvalue weighted by molar-refractivity contribution is 7.87. The summed E-state index contributed by atoms with van der Waals surface area (Å²) in [5, 5.41) is 9.34. The molecule has 8 nitrogen and oxygen atoms in total. The van der Waals surface area contributed by atoms with E-state index in [9.17, 15) is 23.1 Å². The average Bonchev–Trinajstić information content (AvgIpc) is 2.61. The minimum Gasteiger partial charge on any atom is -0.480 e. The van der Waals surface area contributed by atoms with E-state index >= 15 is 0 Å². The first-order valence-corrected chi connectivity index (χ1v) is 9.39. The molecule has 1 fully saturated rings. The van der Waals surface area contributed by atoms with Crippen LogP contribution in [0.15, 0.2) is 30.3 Å². The lowest BCUT2D eigenvalue weighted by Gasteiger charge is -2.30. The number of carbonyl (C=O) groups is 2. The highest BCUT2D eigenvalue weighted by Crippen LogP contribution is 2.20. The third-order valence-corrected chi connectivity index (χ3v) is 5.83. The summed E-state index contributed by atoms with van der Waals surface area (Å²) in [5.41, 5.74) is 0.724. The van der Waals surface area contributed by atoms with Gasteiger partial charge in [0.15, 0.2) is 0 Å². The second-order valence-corrected chi connectivity index (χ2v) is 7.60. The van der Waals surface area contributed by atoms with Gasteiger partial charge in [-0.3, -0.25) is 9.59 Å². The number of ether oxygens (including phenoxy) is 1. The van der Waals surface area contributed by atoms with Crippen molar-refractivity contribution in [2.45, 2.75) is 25.3 Å². The van der Waals surface area contributed by atoms with Gasteiger partial charge in [0.2, 0.25) is 0 Å². The average molecular weight is 370 g/mol. The Morgan fingerprint density at radius 1 is 1.28 bits per heavy atom. The Kier molecular flexibility index (Phi) is 6.51. The van der Waals surface area contributed by atoms with Crippen LogP contribution in [0.25, 0.3) is 0 Å². The minimum absolute atomic E-state index is 0.0496. The lowest BCUT2D eigenvalue weighted by Crippen LogP contribution is -2.51. The molecule has 0 amide bonds. The maximum Gasteiger partial charge on any atom is 0.322 e. The number of nitrogens with one attached hydrogen (secondary N) is 1. The van der Waals surface area contributed by atoms with Crippen molar-refractivity contribution in [1.29, 1.82) is 0 Å². The monoisotopic (exact) mass is 370 g/mol. The first-order chi connectivity index (χ1) is 11.8. The maximum absolute atomic E-state index is 12.5. The Morgan fingerprint density at radius 2 is 1.88 bits per heavy atom. The van der Waals surface area contributed by atoms with E-state index in [2.05, 4.69) is 9.46 Å². The van der Waals surface area contributed by atoms with E-state index in [0.717, 1.165) is 5.56 Å². The fourth-order valence-electron chi connectivity index (χ4n) is 2.78. The first kappa shape index (κ1) is 19.4. The van der Waals surface area contributed by atoms with Crippen LogP contribution in [-0.4, -0.2) is 56.0 Å². The second kappa shape index (κ2) is 8.41. The van der Waals surface area contributed by atoms with Gasteiger partial charge in [-0.15, -0.1) is 0 Å². The van der Waals surface area contributed by atoms with E-state index in [-0.39, 0.29) is 31.4 Å². The molecule has 0 spiro atoms. The number of hydrogen-bond acceptors (Lipinski definition) is 5. The highest BCUT2D eigenvalue weighted by Gasteiger charge is 2.34. The van der Waals surface area contributed by atoms with Crippen LogP contribution in [0, 0.1) is 5.92 Å². The van der Waals surface area contributed by atoms with E-state index < -0.39 is 22.2 Å². The van der Waals surface area contributed by atoms with Crippen molar-refractivity contribution < 1.29 is 27.9 Å². The van der Waals surface area contributed by atoms with Crippen molar-refractivity contribution in [3.8, 4) is 0 Å². The Morgan fingerprint density at radius 3 is 2.40 bits per heavy atom. The van der Waals surface area contributed by atoms with Gasteiger partial charge >= 0.3 is 11.9 Å². The molecule has 0 aromatic heterocycles. The molecular weight excluding hydrogens is 348 g/mol. The van der Waals surface area contributed by atoms with Crippen LogP contribution >= 0.6 is 0 Å². The number of benzene rings is 1. The van der Waals surface area contributed by atoms with Gasteiger partial charge < -0.3 is 9.84 Å². The predicted molar refractivity (Wildman–Crippen MR) is 89.9 cm³/mol. The second-order valence-electron chi connectivity index (χ2n) is 5.90. The summed E-state index contributed by atoms with van der Waals surface area (Å²) >= 11 is 0. The predicted octanol–water partition coefficient (Wildman–Crippen LogP) is 0.402. The summed E-state index contributed by atoms with van der Waals surface area (Å²) in [6, 6.07) is 7.55. The quantitative estimate of drug-likeness (QED) is 0.672. The van der Waals surface area contributed by atoms with Crippen LogP contribution in [0.3, 0.4) is 0 Å². The molecule has 0 unspecified atom stereocenters. The number of carbonyl (C=O) groups excluding carboxylic acids is 1. The van der Waals surface area contributed by atoms with E-state index in [1.807, 2.05) is 0 Å². The molecule has 9 heteroatoms. The number of aliphatic carboxylic acids is 1. The molecule has 1 atom stereocenters. The SMILES string of the molecule is COC(=O)C1CCN(S(=O)(=O)N[C@H](Cc2ccccc2)C(=O)O)CC1. The van der Waals surface area contributed by atoms with Gasteiger partial charge in [0.05, 0.1) is 13.0 Å². The third-order valence-electron chi connectivity index (χ3n) is 4.20. The van der Waals surface area contributed by atoms with Crippen molar-refractivity contribution in [3.63, 3.8) is 0 Å². The van der Waals surface area contributed by atoms with Crippen LogP contribution in [0.4, 0.5) is 0 Å². The van der Waals surface area contributed by atoms with Crippen molar-refractivity contribution in [2.75, 3.05) is 20.2 Å². The van der Waals surface area contributed by atoms with E-state index in [0.29, 0.717) is 12.8 Å².